The number of hydrogen-bond donors (Lipinski definition) is 1. The Morgan fingerprint density at radius 1 is 0.963 bits per heavy atom. The van der Waals surface area contributed by atoms with Gasteiger partial charge in [0.1, 0.15) is 0 Å². The van der Waals surface area contributed by atoms with E-state index in [1.165, 1.54) is 6.07 Å². The van der Waals surface area contributed by atoms with Gasteiger partial charge in [-0.1, -0.05) is 11.6 Å². The van der Waals surface area contributed by atoms with Crippen LogP contribution in [0.3, 0.4) is 0 Å². The van der Waals surface area contributed by atoms with Gasteiger partial charge in [0, 0.05) is 31.1 Å². The fourth-order valence-electron chi connectivity index (χ4n) is 3.17. The zero-order valence-electron chi connectivity index (χ0n) is 13.8. The van der Waals surface area contributed by atoms with E-state index in [0.717, 1.165) is 11.3 Å². The summed E-state index contributed by atoms with van der Waals surface area (Å²) in [5.74, 6) is 0. The largest absolute Gasteiger partial charge is 0.416 e. The average Bonchev–Trinajstić information content (AvgIpc) is 3.00. The molecule has 2 aromatic rings. The Morgan fingerprint density at radius 2 is 1.63 bits per heavy atom. The molecular formula is C17H15ClF6N2S. The van der Waals surface area contributed by atoms with Crippen LogP contribution in [0.4, 0.5) is 26.3 Å². The Morgan fingerprint density at radius 3 is 2.15 bits per heavy atom. The molecule has 10 heteroatoms. The van der Waals surface area contributed by atoms with Crippen LogP contribution < -0.4 is 5.32 Å². The maximum absolute atomic E-state index is 13.6. The van der Waals surface area contributed by atoms with E-state index in [-0.39, 0.29) is 0 Å². The van der Waals surface area contributed by atoms with Crippen molar-refractivity contribution in [1.82, 2.24) is 10.2 Å². The van der Waals surface area contributed by atoms with E-state index in [0.29, 0.717) is 53.6 Å². The lowest BCUT2D eigenvalue weighted by atomic mass is 9.94. The predicted molar refractivity (Wildman–Crippen MR) is 92.1 cm³/mol. The van der Waals surface area contributed by atoms with E-state index in [2.05, 4.69) is 5.32 Å². The second kappa shape index (κ2) is 7.62. The molecule has 1 N–H and O–H groups in total. The van der Waals surface area contributed by atoms with Crippen LogP contribution in [0.5, 0.6) is 0 Å². The van der Waals surface area contributed by atoms with Crippen LogP contribution in [-0.2, 0) is 12.4 Å². The van der Waals surface area contributed by atoms with Gasteiger partial charge in [-0.2, -0.15) is 26.3 Å². The molecule has 148 valence electrons. The van der Waals surface area contributed by atoms with Gasteiger partial charge in [-0.3, -0.25) is 4.90 Å². The lowest BCUT2D eigenvalue weighted by Gasteiger charge is -2.36. The molecule has 2 heterocycles. The number of piperazine rings is 1. The van der Waals surface area contributed by atoms with Crippen molar-refractivity contribution in [1.29, 1.82) is 0 Å². The summed E-state index contributed by atoms with van der Waals surface area (Å²) in [5, 5.41) is 3.09. The Hall–Kier alpha value is -1.29. The van der Waals surface area contributed by atoms with E-state index in [9.17, 15) is 26.3 Å². The minimum absolute atomic E-state index is 0.366. The van der Waals surface area contributed by atoms with Crippen molar-refractivity contribution in [2.45, 2.75) is 18.4 Å². The molecular weight excluding hydrogens is 414 g/mol. The lowest BCUT2D eigenvalue weighted by Crippen LogP contribution is -2.45. The number of hydrogen-bond acceptors (Lipinski definition) is 3. The van der Waals surface area contributed by atoms with Crippen molar-refractivity contribution < 1.29 is 26.3 Å². The van der Waals surface area contributed by atoms with E-state index in [4.69, 9.17) is 11.6 Å². The van der Waals surface area contributed by atoms with Gasteiger partial charge in [-0.25, -0.2) is 0 Å². The molecule has 27 heavy (non-hydrogen) atoms. The highest BCUT2D eigenvalue weighted by atomic mass is 35.5. The van der Waals surface area contributed by atoms with Crippen molar-refractivity contribution in [2.24, 2.45) is 0 Å². The summed E-state index contributed by atoms with van der Waals surface area (Å²) in [6, 6.07) is 3.76. The maximum Gasteiger partial charge on any atom is 0.416 e. The topological polar surface area (TPSA) is 15.3 Å². The number of benzene rings is 1. The van der Waals surface area contributed by atoms with Gasteiger partial charge < -0.3 is 5.32 Å². The molecule has 3 rings (SSSR count). The predicted octanol–water partition coefficient (Wildman–Crippen LogP) is 5.43. The Bertz CT molecular complexity index is 795. The molecule has 0 amide bonds. The molecule has 0 bridgehead atoms. The number of nitrogens with zero attached hydrogens (tertiary/aromatic N) is 1. The molecule has 2 nitrogen and oxygen atoms in total. The first-order chi connectivity index (χ1) is 12.6. The van der Waals surface area contributed by atoms with E-state index >= 15 is 0 Å². The SMILES string of the molecule is FC(F)(F)c1ccc(C(F)(F)F)c([C@H](c2ccc(Cl)s2)N2CCNCC2)c1. The molecule has 1 fully saturated rings. The fraction of sp³-hybridized carbons (Fsp3) is 0.412. The molecule has 0 unspecified atom stereocenters. The van der Waals surface area contributed by atoms with E-state index < -0.39 is 35.1 Å². The van der Waals surface area contributed by atoms with Crippen molar-refractivity contribution >= 4 is 22.9 Å². The summed E-state index contributed by atoms with van der Waals surface area (Å²) in [6.07, 6.45) is -9.51. The highest BCUT2D eigenvalue weighted by molar-refractivity contribution is 7.16. The van der Waals surface area contributed by atoms with Crippen LogP contribution in [0.2, 0.25) is 4.34 Å². The molecule has 1 aromatic heterocycles. The molecule has 1 atom stereocenters. The summed E-state index contributed by atoms with van der Waals surface area (Å²) in [5.41, 5.74) is -2.57. The van der Waals surface area contributed by atoms with Crippen LogP contribution >= 0.6 is 22.9 Å². The number of thiophene rings is 1. The van der Waals surface area contributed by atoms with Crippen molar-refractivity contribution in [2.75, 3.05) is 26.2 Å². The third-order valence-electron chi connectivity index (χ3n) is 4.36. The molecule has 1 aliphatic rings. The lowest BCUT2D eigenvalue weighted by molar-refractivity contribution is -0.142. The number of alkyl halides is 6. The summed E-state index contributed by atoms with van der Waals surface area (Å²) in [7, 11) is 0. The second-order valence-corrected chi connectivity index (χ2v) is 7.87. The first kappa shape index (κ1) is 20.4. The minimum atomic E-state index is -4.77. The van der Waals surface area contributed by atoms with Crippen LogP contribution in [0.15, 0.2) is 30.3 Å². The molecule has 0 saturated carbocycles. The average molecular weight is 429 g/mol. The maximum atomic E-state index is 13.6. The number of halogens is 7. The summed E-state index contributed by atoms with van der Waals surface area (Å²) in [6.45, 7) is 1.90. The normalized spacial score (nSPS) is 17.9. The first-order valence-electron chi connectivity index (χ1n) is 8.05. The number of nitrogens with one attached hydrogen (secondary N) is 1. The van der Waals surface area contributed by atoms with Gasteiger partial charge in [-0.15, -0.1) is 11.3 Å². The Balaban J connectivity index is 2.19. The van der Waals surface area contributed by atoms with Gasteiger partial charge in [0.25, 0.3) is 0 Å². The van der Waals surface area contributed by atoms with Crippen LogP contribution in [0.1, 0.15) is 27.6 Å². The minimum Gasteiger partial charge on any atom is -0.314 e. The monoisotopic (exact) mass is 428 g/mol. The van der Waals surface area contributed by atoms with Gasteiger partial charge in [0.05, 0.1) is 21.5 Å². The van der Waals surface area contributed by atoms with Crippen molar-refractivity contribution in [3.63, 3.8) is 0 Å². The van der Waals surface area contributed by atoms with Gasteiger partial charge in [0.15, 0.2) is 0 Å². The van der Waals surface area contributed by atoms with Crippen molar-refractivity contribution in [3.8, 4) is 0 Å². The molecule has 0 aliphatic carbocycles. The van der Waals surface area contributed by atoms with E-state index in [1.807, 2.05) is 0 Å². The molecule has 1 saturated heterocycles. The van der Waals surface area contributed by atoms with Gasteiger partial charge >= 0.3 is 12.4 Å². The highest BCUT2D eigenvalue weighted by Gasteiger charge is 2.40. The van der Waals surface area contributed by atoms with Gasteiger partial charge in [0.2, 0.25) is 0 Å². The molecule has 1 aromatic carbocycles. The summed E-state index contributed by atoms with van der Waals surface area (Å²) < 4.78 is 80.7. The third-order valence-corrected chi connectivity index (χ3v) is 5.64. The zero-order valence-corrected chi connectivity index (χ0v) is 15.4. The first-order valence-corrected chi connectivity index (χ1v) is 9.25. The molecule has 0 radical (unpaired) electrons. The Labute approximate surface area is 160 Å². The van der Waals surface area contributed by atoms with Crippen LogP contribution in [-0.4, -0.2) is 31.1 Å². The molecule has 0 spiro atoms. The quantitative estimate of drug-likeness (QED) is 0.655. The standard InChI is InChI=1S/C17H15ClF6N2S/c18-14-4-3-13(27-14)15(26-7-5-25-6-8-26)11-9-10(16(19,20)21)1-2-12(11)17(22,23)24/h1-4,9,15,25H,5-8H2/t15-/m1/s1. The highest BCUT2D eigenvalue weighted by Crippen LogP contribution is 2.43. The van der Waals surface area contributed by atoms with Crippen LogP contribution in [0, 0.1) is 0 Å². The summed E-state index contributed by atoms with van der Waals surface area (Å²) >= 11 is 7.02. The molecule has 1 aliphatic heterocycles. The third kappa shape index (κ3) is 4.59. The van der Waals surface area contributed by atoms with Crippen molar-refractivity contribution in [3.05, 3.63) is 56.2 Å². The number of rotatable bonds is 3. The Kier molecular flexibility index (Phi) is 5.77. The fourth-order valence-corrected chi connectivity index (χ4v) is 4.38. The summed E-state index contributed by atoms with van der Waals surface area (Å²) in [4.78, 5) is 2.23. The van der Waals surface area contributed by atoms with Gasteiger partial charge in [-0.05, 0) is 35.9 Å². The second-order valence-electron chi connectivity index (χ2n) is 6.13. The van der Waals surface area contributed by atoms with Crippen LogP contribution in [0.25, 0.3) is 0 Å². The zero-order chi connectivity index (χ0) is 19.8. The van der Waals surface area contributed by atoms with E-state index in [1.54, 1.807) is 11.0 Å². The smallest absolute Gasteiger partial charge is 0.314 e.